The molecule has 2 amide bonds. The van der Waals surface area contributed by atoms with Crippen LogP contribution in [0.2, 0.25) is 0 Å². The van der Waals surface area contributed by atoms with Gasteiger partial charge in [-0.15, -0.1) is 0 Å². The van der Waals surface area contributed by atoms with Crippen molar-refractivity contribution in [2.75, 3.05) is 5.32 Å². The molecule has 5 N–H and O–H groups in total. The second-order valence-corrected chi connectivity index (χ2v) is 8.43. The van der Waals surface area contributed by atoms with Crippen LogP contribution in [0.4, 0.5) is 5.69 Å². The molecule has 1 fully saturated rings. The molecule has 1 heterocycles. The number of hydrogen-bond acceptors (Lipinski definition) is 7. The lowest BCUT2D eigenvalue weighted by atomic mass is 9.87. The number of benzene rings is 2. The summed E-state index contributed by atoms with van der Waals surface area (Å²) in [7, 11) is 0. The van der Waals surface area contributed by atoms with Crippen LogP contribution in [0, 0.1) is 5.92 Å². The first-order valence-electron chi connectivity index (χ1n) is 10.8. The summed E-state index contributed by atoms with van der Waals surface area (Å²) in [6, 6.07) is 15.8. The maximum absolute atomic E-state index is 12.9. The molecule has 6 atom stereocenters. The smallest absolute Gasteiger partial charge is 0.274 e. The Balaban J connectivity index is 1.58. The Morgan fingerprint density at radius 2 is 1.58 bits per heavy atom. The van der Waals surface area contributed by atoms with E-state index in [1.54, 1.807) is 12.1 Å². The molecule has 2 aromatic carbocycles. The molecule has 0 bridgehead atoms. The number of rotatable bonds is 7. The van der Waals surface area contributed by atoms with Crippen molar-refractivity contribution in [1.82, 2.24) is 5.48 Å². The minimum atomic E-state index is -1.53. The summed E-state index contributed by atoms with van der Waals surface area (Å²) in [5.41, 5.74) is 3.88. The Hall–Kier alpha value is -2.82. The van der Waals surface area contributed by atoms with E-state index in [9.17, 15) is 24.9 Å². The van der Waals surface area contributed by atoms with Crippen LogP contribution in [-0.4, -0.2) is 57.8 Å². The minimum absolute atomic E-state index is 0.0920. The number of carbonyl (C=O) groups excluding carboxylic acids is 2. The van der Waals surface area contributed by atoms with Gasteiger partial charge in [-0.2, -0.15) is 0 Å². The maximum atomic E-state index is 12.9. The van der Waals surface area contributed by atoms with Crippen LogP contribution < -0.4 is 10.8 Å². The summed E-state index contributed by atoms with van der Waals surface area (Å²) < 4.78 is 5.26. The lowest BCUT2D eigenvalue weighted by molar-refractivity contribution is -0.304. The zero-order valence-corrected chi connectivity index (χ0v) is 18.7. The number of hydroxylamine groups is 1. The number of amides is 2. The average molecular weight is 459 g/mol. The number of anilines is 1. The Labute approximate surface area is 192 Å². The van der Waals surface area contributed by atoms with E-state index in [2.05, 4.69) is 10.8 Å². The molecule has 1 unspecified atom stereocenters. The molecule has 9 nitrogen and oxygen atoms in total. The van der Waals surface area contributed by atoms with Crippen LogP contribution in [0.5, 0.6) is 0 Å². The van der Waals surface area contributed by atoms with Crippen molar-refractivity contribution in [3.8, 4) is 0 Å². The molecule has 3 rings (SSSR count). The van der Waals surface area contributed by atoms with E-state index in [-0.39, 0.29) is 23.3 Å². The van der Waals surface area contributed by atoms with Crippen LogP contribution in [0.1, 0.15) is 42.6 Å². The van der Waals surface area contributed by atoms with Crippen molar-refractivity contribution in [3.05, 3.63) is 65.7 Å². The van der Waals surface area contributed by atoms with Crippen LogP contribution in [0.3, 0.4) is 0 Å². The summed E-state index contributed by atoms with van der Waals surface area (Å²) in [5.74, 6) is -0.980. The molecule has 1 aliphatic heterocycles. The lowest BCUT2D eigenvalue weighted by Gasteiger charge is -2.38. The van der Waals surface area contributed by atoms with Gasteiger partial charge in [0.25, 0.3) is 5.91 Å². The molecule has 2 aromatic rings. The molecular formula is C24H30N2O7. The third-order valence-corrected chi connectivity index (χ3v) is 5.60. The molecular weight excluding hydrogens is 428 g/mol. The fourth-order valence-electron chi connectivity index (χ4n) is 3.71. The van der Waals surface area contributed by atoms with Crippen molar-refractivity contribution in [1.29, 1.82) is 0 Å². The summed E-state index contributed by atoms with van der Waals surface area (Å²) in [4.78, 5) is 30.3. The standard InChI is InChI=1S/C24H30N2O7/c1-13(2)18(15-7-5-4-6-8-15)23(31)25-17-11-9-16(10-12-17)22(30)26-33-24-21(29)20(28)19(27)14(3)32-24/h4-14,18-21,24,27-29H,1-3H3,(H,25,31)(H,26,30)/t14-,18?,19+,20+,21-,24-/m0/s1. The number of nitrogens with one attached hydrogen (secondary N) is 2. The number of carbonyl (C=O) groups is 2. The number of aliphatic hydroxyl groups is 3. The SMILES string of the molecule is CC(C)C(C(=O)Nc1ccc(C(=O)NO[C@@H]2O[C@@H](C)[C@@H](O)[C@@H](O)[C@@H]2O)cc1)c1ccccc1. The highest BCUT2D eigenvalue weighted by molar-refractivity contribution is 5.97. The van der Waals surface area contributed by atoms with E-state index < -0.39 is 36.6 Å². The van der Waals surface area contributed by atoms with E-state index in [0.717, 1.165) is 5.56 Å². The Morgan fingerprint density at radius 1 is 0.939 bits per heavy atom. The number of ether oxygens (including phenoxy) is 1. The van der Waals surface area contributed by atoms with Gasteiger partial charge < -0.3 is 25.4 Å². The van der Waals surface area contributed by atoms with Crippen molar-refractivity contribution in [3.63, 3.8) is 0 Å². The first-order valence-corrected chi connectivity index (χ1v) is 10.8. The van der Waals surface area contributed by atoms with Crippen molar-refractivity contribution in [2.45, 2.75) is 57.4 Å². The summed E-state index contributed by atoms with van der Waals surface area (Å²) >= 11 is 0. The van der Waals surface area contributed by atoms with Crippen LogP contribution in [0.15, 0.2) is 54.6 Å². The zero-order chi connectivity index (χ0) is 24.1. The van der Waals surface area contributed by atoms with E-state index >= 15 is 0 Å². The molecule has 1 aliphatic rings. The Kier molecular flexibility index (Phi) is 8.17. The molecule has 0 spiro atoms. The van der Waals surface area contributed by atoms with Crippen LogP contribution >= 0.6 is 0 Å². The second kappa shape index (κ2) is 10.9. The molecule has 1 saturated heterocycles. The van der Waals surface area contributed by atoms with Crippen molar-refractivity contribution in [2.24, 2.45) is 5.92 Å². The van der Waals surface area contributed by atoms with Gasteiger partial charge >= 0.3 is 0 Å². The van der Waals surface area contributed by atoms with Gasteiger partial charge in [0.15, 0.2) is 0 Å². The molecule has 0 radical (unpaired) electrons. The number of hydrogen-bond donors (Lipinski definition) is 5. The normalized spacial score (nSPS) is 26.0. The molecule has 178 valence electrons. The van der Waals surface area contributed by atoms with Crippen LogP contribution in [-0.2, 0) is 14.4 Å². The van der Waals surface area contributed by atoms with Gasteiger partial charge in [0.2, 0.25) is 12.2 Å². The predicted molar refractivity (Wildman–Crippen MR) is 120 cm³/mol. The van der Waals surface area contributed by atoms with Crippen molar-refractivity contribution >= 4 is 17.5 Å². The Bertz CT molecular complexity index is 936. The van der Waals surface area contributed by atoms with E-state index in [4.69, 9.17) is 9.57 Å². The highest BCUT2D eigenvalue weighted by atomic mass is 16.8. The first kappa shape index (κ1) is 24.8. The quantitative estimate of drug-likeness (QED) is 0.397. The zero-order valence-electron chi connectivity index (χ0n) is 18.7. The largest absolute Gasteiger partial charge is 0.388 e. The van der Waals surface area contributed by atoms with Gasteiger partial charge in [-0.05, 0) is 42.7 Å². The highest BCUT2D eigenvalue weighted by Gasteiger charge is 2.43. The van der Waals surface area contributed by atoms with Crippen molar-refractivity contribution < 1.29 is 34.5 Å². The van der Waals surface area contributed by atoms with Gasteiger partial charge in [0.05, 0.1) is 12.0 Å². The molecule has 0 aliphatic carbocycles. The second-order valence-electron chi connectivity index (χ2n) is 8.43. The predicted octanol–water partition coefficient (Wildman–Crippen LogP) is 1.55. The van der Waals surface area contributed by atoms with Gasteiger partial charge in [-0.3, -0.25) is 9.59 Å². The maximum Gasteiger partial charge on any atom is 0.274 e. The fraction of sp³-hybridized carbons (Fsp3) is 0.417. The minimum Gasteiger partial charge on any atom is -0.388 e. The van der Waals surface area contributed by atoms with Gasteiger partial charge in [0.1, 0.15) is 18.3 Å². The summed E-state index contributed by atoms with van der Waals surface area (Å²) in [5, 5.41) is 32.3. The summed E-state index contributed by atoms with van der Waals surface area (Å²) in [6.45, 7) is 5.47. The van der Waals surface area contributed by atoms with Gasteiger partial charge in [-0.1, -0.05) is 44.2 Å². The molecule has 33 heavy (non-hydrogen) atoms. The molecule has 0 aromatic heterocycles. The fourth-order valence-corrected chi connectivity index (χ4v) is 3.71. The first-order chi connectivity index (χ1) is 15.7. The average Bonchev–Trinajstić information content (AvgIpc) is 2.80. The monoisotopic (exact) mass is 458 g/mol. The van der Waals surface area contributed by atoms with E-state index in [1.165, 1.54) is 19.1 Å². The topological polar surface area (TPSA) is 137 Å². The molecule has 9 heteroatoms. The summed E-state index contributed by atoms with van der Waals surface area (Å²) in [6.07, 6.45) is -6.40. The third kappa shape index (κ3) is 5.95. The number of aliphatic hydroxyl groups excluding tert-OH is 3. The third-order valence-electron chi connectivity index (χ3n) is 5.60. The van der Waals surface area contributed by atoms with Gasteiger partial charge in [0, 0.05) is 11.3 Å². The van der Waals surface area contributed by atoms with E-state index in [1.807, 2.05) is 44.2 Å². The van der Waals surface area contributed by atoms with Crippen LogP contribution in [0.25, 0.3) is 0 Å². The lowest BCUT2D eigenvalue weighted by Crippen LogP contribution is -2.58. The highest BCUT2D eigenvalue weighted by Crippen LogP contribution is 2.26. The van der Waals surface area contributed by atoms with Gasteiger partial charge in [-0.25, -0.2) is 10.3 Å². The Morgan fingerprint density at radius 3 is 2.18 bits per heavy atom. The van der Waals surface area contributed by atoms with E-state index in [0.29, 0.717) is 5.69 Å². The molecule has 0 saturated carbocycles.